The van der Waals surface area contributed by atoms with Gasteiger partial charge in [0.1, 0.15) is 6.42 Å². The largest absolute Gasteiger partial charge is 0.614 e. The van der Waals surface area contributed by atoms with Crippen LogP contribution in [0.2, 0.25) is 0 Å². The van der Waals surface area contributed by atoms with Crippen molar-refractivity contribution in [3.05, 3.63) is 25.7 Å². The van der Waals surface area contributed by atoms with Crippen molar-refractivity contribution in [2.24, 2.45) is 0 Å². The van der Waals surface area contributed by atoms with Crippen LogP contribution in [0.3, 0.4) is 0 Å². The first-order valence-electron chi connectivity index (χ1n) is 3.63. The highest BCUT2D eigenvalue weighted by molar-refractivity contribution is 5.92. The van der Waals surface area contributed by atoms with E-state index in [2.05, 4.69) is 32.1 Å². The van der Waals surface area contributed by atoms with Crippen molar-refractivity contribution < 1.29 is 28.5 Å². The molecule has 1 heterocycles. The molecule has 1 fully saturated rings. The third-order valence-electron chi connectivity index (χ3n) is 1.22. The fourth-order valence-corrected chi connectivity index (χ4v) is 0.818. The van der Waals surface area contributed by atoms with Gasteiger partial charge in [0.15, 0.2) is 0 Å². The minimum atomic E-state index is -2.21. The van der Waals surface area contributed by atoms with Gasteiger partial charge in [0.2, 0.25) is 0 Å². The molecule has 14 heavy (non-hydrogen) atoms. The normalized spacial score (nSPS) is 18.9. The Hall–Kier alpha value is -1.98. The average Bonchev–Trinajstić information content (AvgIpc) is 2.02. The first kappa shape index (κ1) is 10.1. The Morgan fingerprint density at radius 2 is 1.57 bits per heavy atom. The van der Waals surface area contributed by atoms with E-state index in [1.54, 1.807) is 0 Å². The fraction of sp³-hybridized carbons (Fsp3) is 0.250. The van der Waals surface area contributed by atoms with Crippen LogP contribution in [0.25, 0.3) is 0 Å². The summed E-state index contributed by atoms with van der Waals surface area (Å²) in [6.45, 7) is 6.43. The van der Waals surface area contributed by atoms with Crippen molar-refractivity contribution in [2.45, 2.75) is 12.6 Å². The molecule has 0 saturated carbocycles. The molecule has 1 rings (SSSR count). The topological polar surface area (TPSA) is 71.1 Å². The van der Waals surface area contributed by atoms with Gasteiger partial charge in [-0.25, -0.2) is 0 Å². The summed E-state index contributed by atoms with van der Waals surface area (Å²) in [7, 11) is 0. The van der Waals surface area contributed by atoms with Crippen molar-refractivity contribution in [1.29, 1.82) is 0 Å². The van der Waals surface area contributed by atoms with Crippen molar-refractivity contribution >= 4 is 11.9 Å². The summed E-state index contributed by atoms with van der Waals surface area (Å²) < 4.78 is 18.4. The lowest BCUT2D eigenvalue weighted by molar-refractivity contribution is -0.441. The predicted molar refractivity (Wildman–Crippen MR) is 42.1 cm³/mol. The zero-order chi connectivity index (χ0) is 10.6. The maximum atomic E-state index is 10.9. The standard InChI is InChI=1S/C8H8O6/c1-3-11-8(12-4-2)13-6(9)5-7(10)14-8/h3-4H,1-2,5H2. The number of hydrogen-bond acceptors (Lipinski definition) is 6. The second-order valence-electron chi connectivity index (χ2n) is 2.19. The van der Waals surface area contributed by atoms with Crippen molar-refractivity contribution in [3.8, 4) is 0 Å². The summed E-state index contributed by atoms with van der Waals surface area (Å²) in [5.74, 6) is -1.63. The Morgan fingerprint density at radius 3 is 1.93 bits per heavy atom. The van der Waals surface area contributed by atoms with Gasteiger partial charge in [-0.2, -0.15) is 0 Å². The van der Waals surface area contributed by atoms with Crippen LogP contribution in [0.5, 0.6) is 0 Å². The molecule has 0 aromatic heterocycles. The maximum absolute atomic E-state index is 10.9. The highest BCUT2D eigenvalue weighted by Gasteiger charge is 2.48. The maximum Gasteiger partial charge on any atom is 0.614 e. The van der Waals surface area contributed by atoms with Crippen LogP contribution in [-0.4, -0.2) is 18.1 Å². The van der Waals surface area contributed by atoms with Crippen molar-refractivity contribution in [3.63, 3.8) is 0 Å². The minimum absolute atomic E-state index is 0.483. The summed E-state index contributed by atoms with van der Waals surface area (Å²) in [5.41, 5.74) is 0. The number of carbonyl (C=O) groups is 2. The number of hydrogen-bond donors (Lipinski definition) is 0. The van der Waals surface area contributed by atoms with Gasteiger partial charge < -0.3 is 18.9 Å². The number of ether oxygens (including phenoxy) is 4. The van der Waals surface area contributed by atoms with Gasteiger partial charge in [0.05, 0.1) is 12.5 Å². The molecule has 1 aliphatic heterocycles. The van der Waals surface area contributed by atoms with E-state index in [0.29, 0.717) is 0 Å². The fourth-order valence-electron chi connectivity index (χ4n) is 0.818. The monoisotopic (exact) mass is 200 g/mol. The Kier molecular flexibility index (Phi) is 2.76. The van der Waals surface area contributed by atoms with E-state index < -0.39 is 24.5 Å². The lowest BCUT2D eigenvalue weighted by Crippen LogP contribution is -2.47. The van der Waals surface area contributed by atoms with Crippen molar-refractivity contribution in [2.75, 3.05) is 0 Å². The van der Waals surface area contributed by atoms with Crippen LogP contribution in [0, 0.1) is 0 Å². The third kappa shape index (κ3) is 2.03. The molecule has 0 atom stereocenters. The summed E-state index contributed by atoms with van der Waals surface area (Å²) in [5, 5.41) is 0. The summed E-state index contributed by atoms with van der Waals surface area (Å²) in [4.78, 5) is 21.8. The number of cyclic esters (lactones) is 2. The molecule has 0 N–H and O–H groups in total. The molecule has 0 radical (unpaired) electrons. The Balaban J connectivity index is 2.83. The predicted octanol–water partition coefficient (Wildman–Crippen LogP) is 0.408. The molecule has 0 amide bonds. The summed E-state index contributed by atoms with van der Waals surface area (Å²) in [6.07, 6.45) is -0.872. The molecule has 0 aromatic rings. The van der Waals surface area contributed by atoms with E-state index >= 15 is 0 Å². The lowest BCUT2D eigenvalue weighted by Gasteiger charge is -2.30. The highest BCUT2D eigenvalue weighted by atomic mass is 17.0. The molecule has 0 unspecified atom stereocenters. The zero-order valence-electron chi connectivity index (χ0n) is 7.23. The Labute approximate surface area is 79.7 Å². The van der Waals surface area contributed by atoms with Crippen LogP contribution in [-0.2, 0) is 28.5 Å². The van der Waals surface area contributed by atoms with E-state index in [9.17, 15) is 9.59 Å². The van der Waals surface area contributed by atoms with E-state index in [1.807, 2.05) is 0 Å². The lowest BCUT2D eigenvalue weighted by atomic mass is 10.4. The van der Waals surface area contributed by atoms with Gasteiger partial charge in [-0.1, -0.05) is 13.2 Å². The van der Waals surface area contributed by atoms with Gasteiger partial charge in [0.25, 0.3) is 0 Å². The third-order valence-corrected chi connectivity index (χ3v) is 1.22. The molecule has 1 saturated heterocycles. The van der Waals surface area contributed by atoms with Gasteiger partial charge >= 0.3 is 18.1 Å². The second kappa shape index (κ2) is 3.82. The quantitative estimate of drug-likeness (QED) is 0.283. The van der Waals surface area contributed by atoms with Crippen LogP contribution >= 0.6 is 0 Å². The summed E-state index contributed by atoms with van der Waals surface area (Å²) >= 11 is 0. The Bertz CT molecular complexity index is 254. The molecule has 6 heteroatoms. The van der Waals surface area contributed by atoms with Crippen LogP contribution in [0.4, 0.5) is 0 Å². The average molecular weight is 200 g/mol. The van der Waals surface area contributed by atoms with Crippen LogP contribution < -0.4 is 0 Å². The number of rotatable bonds is 4. The van der Waals surface area contributed by atoms with E-state index in [0.717, 1.165) is 12.5 Å². The molecule has 0 aromatic carbocycles. The van der Waals surface area contributed by atoms with Gasteiger partial charge in [-0.3, -0.25) is 9.59 Å². The molecule has 1 aliphatic rings. The first-order chi connectivity index (χ1) is 6.62. The van der Waals surface area contributed by atoms with Gasteiger partial charge in [0, 0.05) is 0 Å². The molecular formula is C8H8O6. The number of esters is 2. The zero-order valence-corrected chi connectivity index (χ0v) is 7.23. The molecule has 0 spiro atoms. The van der Waals surface area contributed by atoms with E-state index in [-0.39, 0.29) is 0 Å². The molecule has 0 aliphatic carbocycles. The molecular weight excluding hydrogens is 192 g/mol. The Morgan fingerprint density at radius 1 is 1.14 bits per heavy atom. The van der Waals surface area contributed by atoms with Gasteiger partial charge in [-0.15, -0.1) is 0 Å². The minimum Gasteiger partial charge on any atom is -0.394 e. The number of carbonyl (C=O) groups excluding carboxylic acids is 2. The molecule has 0 bridgehead atoms. The smallest absolute Gasteiger partial charge is 0.394 e. The second-order valence-corrected chi connectivity index (χ2v) is 2.19. The molecule has 6 nitrogen and oxygen atoms in total. The van der Waals surface area contributed by atoms with Crippen LogP contribution in [0.15, 0.2) is 25.7 Å². The van der Waals surface area contributed by atoms with Crippen LogP contribution in [0.1, 0.15) is 6.42 Å². The first-order valence-corrected chi connectivity index (χ1v) is 3.63. The highest BCUT2D eigenvalue weighted by Crippen LogP contribution is 2.24. The summed E-state index contributed by atoms with van der Waals surface area (Å²) in [6, 6.07) is 0. The van der Waals surface area contributed by atoms with Gasteiger partial charge in [-0.05, 0) is 0 Å². The van der Waals surface area contributed by atoms with Crippen molar-refractivity contribution in [1.82, 2.24) is 0 Å². The van der Waals surface area contributed by atoms with E-state index in [1.165, 1.54) is 0 Å². The molecule has 76 valence electrons. The van der Waals surface area contributed by atoms with E-state index in [4.69, 9.17) is 0 Å². The SMILES string of the molecule is C=COC1(OC=C)OC(=O)CC(=O)O1.